The summed E-state index contributed by atoms with van der Waals surface area (Å²) in [5.41, 5.74) is -1.07. The van der Waals surface area contributed by atoms with Crippen LogP contribution in [0.15, 0.2) is 12.2 Å². The van der Waals surface area contributed by atoms with Gasteiger partial charge in [0.1, 0.15) is 0 Å². The Labute approximate surface area is 65.7 Å². The van der Waals surface area contributed by atoms with Crippen molar-refractivity contribution in [1.29, 1.82) is 0 Å². The molecule has 0 spiro atoms. The van der Waals surface area contributed by atoms with Gasteiger partial charge in [-0.15, -0.1) is 0 Å². The van der Waals surface area contributed by atoms with E-state index in [1.54, 1.807) is 12.2 Å². The highest BCUT2D eigenvalue weighted by Gasteiger charge is 2.42. The van der Waals surface area contributed by atoms with Gasteiger partial charge in [0.15, 0.2) is 5.60 Å². The maximum absolute atomic E-state index is 10.8. The van der Waals surface area contributed by atoms with Crippen molar-refractivity contribution >= 4 is 5.97 Å². The predicted octanol–water partition coefficient (Wildman–Crippen LogP) is 1.05. The maximum atomic E-state index is 10.8. The van der Waals surface area contributed by atoms with Gasteiger partial charge >= 0.3 is 5.97 Å². The number of hydrogen-bond donors (Lipinski definition) is 1. The van der Waals surface area contributed by atoms with Crippen molar-refractivity contribution in [2.45, 2.75) is 19.4 Å². The van der Waals surface area contributed by atoms with Gasteiger partial charge < -0.3 is 9.84 Å². The number of carboxylic acids is 1. The Balaban J connectivity index is 2.89. The van der Waals surface area contributed by atoms with Gasteiger partial charge in [0.2, 0.25) is 0 Å². The molecule has 1 N–H and O–H groups in total. The average molecular weight is 156 g/mol. The van der Waals surface area contributed by atoms with Crippen molar-refractivity contribution < 1.29 is 14.6 Å². The van der Waals surface area contributed by atoms with E-state index in [-0.39, 0.29) is 5.92 Å². The lowest BCUT2D eigenvalue weighted by atomic mass is 9.91. The molecule has 1 unspecified atom stereocenters. The topological polar surface area (TPSA) is 46.5 Å². The number of carboxylic acid groups (broad SMARTS) is 1. The van der Waals surface area contributed by atoms with Crippen LogP contribution in [0.1, 0.15) is 13.8 Å². The third-order valence-corrected chi connectivity index (χ3v) is 1.98. The standard InChI is InChI=1S/C8H12O3/c1-6(2)8(7(9)10)4-3-5-11-8/h3-4,6H,5H2,1-2H3,(H,9,10). The van der Waals surface area contributed by atoms with Crippen LogP contribution < -0.4 is 0 Å². The zero-order chi connectivity index (χ0) is 8.48. The second-order valence-corrected chi connectivity index (χ2v) is 2.97. The Kier molecular flexibility index (Phi) is 2.00. The van der Waals surface area contributed by atoms with E-state index in [0.29, 0.717) is 6.61 Å². The second kappa shape index (κ2) is 2.66. The van der Waals surface area contributed by atoms with E-state index in [1.807, 2.05) is 13.8 Å². The molecule has 0 bridgehead atoms. The second-order valence-electron chi connectivity index (χ2n) is 2.97. The van der Waals surface area contributed by atoms with Gasteiger partial charge in [-0.2, -0.15) is 0 Å². The summed E-state index contributed by atoms with van der Waals surface area (Å²) in [4.78, 5) is 10.8. The molecule has 0 aromatic rings. The molecule has 11 heavy (non-hydrogen) atoms. The minimum atomic E-state index is -1.07. The van der Waals surface area contributed by atoms with Gasteiger partial charge in [-0.05, 0) is 12.0 Å². The molecule has 0 aromatic carbocycles. The maximum Gasteiger partial charge on any atom is 0.340 e. The van der Waals surface area contributed by atoms with E-state index < -0.39 is 11.6 Å². The van der Waals surface area contributed by atoms with Crippen LogP contribution in [0.25, 0.3) is 0 Å². The van der Waals surface area contributed by atoms with Gasteiger partial charge in [0.05, 0.1) is 6.61 Å². The summed E-state index contributed by atoms with van der Waals surface area (Å²) >= 11 is 0. The van der Waals surface area contributed by atoms with Crippen LogP contribution in [0.3, 0.4) is 0 Å². The summed E-state index contributed by atoms with van der Waals surface area (Å²) in [6.07, 6.45) is 3.37. The average Bonchev–Trinajstić information content (AvgIpc) is 2.34. The summed E-state index contributed by atoms with van der Waals surface area (Å²) in [5.74, 6) is -0.931. The molecule has 0 saturated heterocycles. The Morgan fingerprint density at radius 2 is 2.36 bits per heavy atom. The molecule has 0 aliphatic carbocycles. The van der Waals surface area contributed by atoms with Crippen molar-refractivity contribution in [3.63, 3.8) is 0 Å². The fraction of sp³-hybridized carbons (Fsp3) is 0.625. The first kappa shape index (κ1) is 8.27. The van der Waals surface area contributed by atoms with Crippen LogP contribution in [0.5, 0.6) is 0 Å². The molecule has 3 heteroatoms. The van der Waals surface area contributed by atoms with Crippen molar-refractivity contribution in [2.75, 3.05) is 6.61 Å². The van der Waals surface area contributed by atoms with E-state index >= 15 is 0 Å². The number of ether oxygens (including phenoxy) is 1. The van der Waals surface area contributed by atoms with E-state index in [0.717, 1.165) is 0 Å². The summed E-state index contributed by atoms with van der Waals surface area (Å²) < 4.78 is 5.15. The Morgan fingerprint density at radius 1 is 1.73 bits per heavy atom. The largest absolute Gasteiger partial charge is 0.479 e. The van der Waals surface area contributed by atoms with Crippen molar-refractivity contribution in [3.05, 3.63) is 12.2 Å². The molecular weight excluding hydrogens is 144 g/mol. The molecule has 0 fully saturated rings. The van der Waals surface area contributed by atoms with Crippen molar-refractivity contribution in [2.24, 2.45) is 5.92 Å². The zero-order valence-corrected chi connectivity index (χ0v) is 6.70. The monoisotopic (exact) mass is 156 g/mol. The molecule has 1 rings (SSSR count). The van der Waals surface area contributed by atoms with E-state index in [9.17, 15) is 4.79 Å². The first-order valence-electron chi connectivity index (χ1n) is 3.64. The third kappa shape index (κ3) is 1.16. The summed E-state index contributed by atoms with van der Waals surface area (Å²) in [7, 11) is 0. The normalized spacial score (nSPS) is 29.7. The smallest absolute Gasteiger partial charge is 0.340 e. The Morgan fingerprint density at radius 3 is 2.55 bits per heavy atom. The SMILES string of the molecule is CC(C)C1(C(=O)O)C=CCO1. The molecule has 0 saturated carbocycles. The molecule has 62 valence electrons. The van der Waals surface area contributed by atoms with E-state index in [2.05, 4.69) is 0 Å². The van der Waals surface area contributed by atoms with Crippen LogP contribution in [0.4, 0.5) is 0 Å². The summed E-state index contributed by atoms with van der Waals surface area (Å²) in [6, 6.07) is 0. The zero-order valence-electron chi connectivity index (χ0n) is 6.70. The first-order valence-corrected chi connectivity index (χ1v) is 3.64. The Bertz CT molecular complexity index is 196. The fourth-order valence-electron chi connectivity index (χ4n) is 1.20. The Hall–Kier alpha value is -0.830. The third-order valence-electron chi connectivity index (χ3n) is 1.98. The van der Waals surface area contributed by atoms with Gasteiger partial charge in [0, 0.05) is 0 Å². The molecular formula is C8H12O3. The molecule has 1 heterocycles. The number of carbonyl (C=O) groups is 1. The quantitative estimate of drug-likeness (QED) is 0.608. The van der Waals surface area contributed by atoms with Gasteiger partial charge in [-0.1, -0.05) is 19.9 Å². The summed E-state index contributed by atoms with van der Waals surface area (Å²) in [6.45, 7) is 4.08. The van der Waals surface area contributed by atoms with Crippen molar-refractivity contribution in [1.82, 2.24) is 0 Å². The minimum absolute atomic E-state index is 0.0289. The van der Waals surface area contributed by atoms with Gasteiger partial charge in [-0.25, -0.2) is 4.79 Å². The molecule has 1 aliphatic rings. The van der Waals surface area contributed by atoms with Gasteiger partial charge in [0.25, 0.3) is 0 Å². The van der Waals surface area contributed by atoms with Crippen LogP contribution >= 0.6 is 0 Å². The lowest BCUT2D eigenvalue weighted by Gasteiger charge is -2.25. The molecule has 0 radical (unpaired) electrons. The highest BCUT2D eigenvalue weighted by molar-refractivity contribution is 5.81. The van der Waals surface area contributed by atoms with Crippen molar-refractivity contribution in [3.8, 4) is 0 Å². The fourth-order valence-corrected chi connectivity index (χ4v) is 1.20. The highest BCUT2D eigenvalue weighted by atomic mass is 16.5. The lowest BCUT2D eigenvalue weighted by Crippen LogP contribution is -2.42. The molecule has 3 nitrogen and oxygen atoms in total. The van der Waals surface area contributed by atoms with Crippen LogP contribution in [0.2, 0.25) is 0 Å². The van der Waals surface area contributed by atoms with Crippen LogP contribution in [-0.2, 0) is 9.53 Å². The molecule has 0 aromatic heterocycles. The number of hydrogen-bond acceptors (Lipinski definition) is 2. The first-order chi connectivity index (χ1) is 5.09. The van der Waals surface area contributed by atoms with Crippen LogP contribution in [-0.4, -0.2) is 23.3 Å². The van der Waals surface area contributed by atoms with Gasteiger partial charge in [-0.3, -0.25) is 0 Å². The summed E-state index contributed by atoms with van der Waals surface area (Å²) in [5, 5.41) is 8.86. The molecule has 0 amide bonds. The number of aliphatic carboxylic acids is 1. The van der Waals surface area contributed by atoms with Crippen LogP contribution in [0, 0.1) is 5.92 Å². The molecule has 1 aliphatic heterocycles. The predicted molar refractivity (Wildman–Crippen MR) is 40.3 cm³/mol. The minimum Gasteiger partial charge on any atom is -0.479 e. The molecule has 1 atom stereocenters. The number of rotatable bonds is 2. The lowest BCUT2D eigenvalue weighted by molar-refractivity contribution is -0.160. The van der Waals surface area contributed by atoms with E-state index in [4.69, 9.17) is 9.84 Å². The van der Waals surface area contributed by atoms with E-state index in [1.165, 1.54) is 0 Å². The highest BCUT2D eigenvalue weighted by Crippen LogP contribution is 2.27.